The molecule has 1 aromatic carbocycles. The van der Waals surface area contributed by atoms with Gasteiger partial charge in [-0.1, -0.05) is 42.1 Å². The molecule has 0 aliphatic rings. The van der Waals surface area contributed by atoms with Crippen molar-refractivity contribution in [3.63, 3.8) is 0 Å². The minimum absolute atomic E-state index is 0.232. The first-order valence-electron chi connectivity index (χ1n) is 5.90. The highest BCUT2D eigenvalue weighted by Gasteiger charge is 2.07. The molecular formula is C14H17N3S. The molecule has 2 aromatic rings. The lowest BCUT2D eigenvalue weighted by Crippen LogP contribution is -2.08. The summed E-state index contributed by atoms with van der Waals surface area (Å²) in [6.45, 7) is 4.12. The number of anilines is 1. The Labute approximate surface area is 112 Å². The molecule has 1 unspecified atom stereocenters. The second-order valence-electron chi connectivity index (χ2n) is 4.16. The van der Waals surface area contributed by atoms with Gasteiger partial charge in [-0.2, -0.15) is 0 Å². The van der Waals surface area contributed by atoms with E-state index in [1.54, 1.807) is 11.8 Å². The van der Waals surface area contributed by atoms with Crippen LogP contribution in [0.5, 0.6) is 0 Å². The summed E-state index contributed by atoms with van der Waals surface area (Å²) in [5.74, 6) is 0.878. The van der Waals surface area contributed by atoms with Gasteiger partial charge >= 0.3 is 0 Å². The number of rotatable bonds is 4. The topological polar surface area (TPSA) is 37.8 Å². The van der Waals surface area contributed by atoms with Gasteiger partial charge in [0.2, 0.25) is 0 Å². The van der Waals surface area contributed by atoms with Crippen molar-refractivity contribution in [1.82, 2.24) is 9.97 Å². The highest BCUT2D eigenvalue weighted by molar-refractivity contribution is 7.98. The van der Waals surface area contributed by atoms with Crippen molar-refractivity contribution in [3.8, 4) is 0 Å². The van der Waals surface area contributed by atoms with Gasteiger partial charge in [0.1, 0.15) is 5.82 Å². The molecule has 0 saturated carbocycles. The SMILES string of the molecule is CSc1nc(C)cc(NC(C)c2ccccc2)n1. The van der Waals surface area contributed by atoms with Crippen LogP contribution in [0.3, 0.4) is 0 Å². The second-order valence-corrected chi connectivity index (χ2v) is 4.93. The van der Waals surface area contributed by atoms with Crippen LogP contribution in [0.2, 0.25) is 0 Å². The summed E-state index contributed by atoms with van der Waals surface area (Å²) < 4.78 is 0. The monoisotopic (exact) mass is 259 g/mol. The normalized spacial score (nSPS) is 12.2. The highest BCUT2D eigenvalue weighted by atomic mass is 32.2. The molecule has 1 N–H and O–H groups in total. The maximum absolute atomic E-state index is 4.46. The summed E-state index contributed by atoms with van der Waals surface area (Å²) in [6, 6.07) is 12.5. The summed E-state index contributed by atoms with van der Waals surface area (Å²) >= 11 is 1.56. The summed E-state index contributed by atoms with van der Waals surface area (Å²) in [6.07, 6.45) is 1.99. The van der Waals surface area contributed by atoms with E-state index in [1.807, 2.05) is 37.4 Å². The van der Waals surface area contributed by atoms with Gasteiger partial charge in [-0.25, -0.2) is 9.97 Å². The van der Waals surface area contributed by atoms with E-state index in [9.17, 15) is 0 Å². The van der Waals surface area contributed by atoms with Gasteiger partial charge in [-0.05, 0) is 25.7 Å². The molecule has 1 atom stereocenters. The zero-order chi connectivity index (χ0) is 13.0. The van der Waals surface area contributed by atoms with Crippen molar-refractivity contribution in [2.45, 2.75) is 25.0 Å². The van der Waals surface area contributed by atoms with Gasteiger partial charge < -0.3 is 5.32 Å². The number of hydrogen-bond acceptors (Lipinski definition) is 4. The molecule has 0 aliphatic carbocycles. The van der Waals surface area contributed by atoms with E-state index >= 15 is 0 Å². The van der Waals surface area contributed by atoms with Crippen molar-refractivity contribution in [1.29, 1.82) is 0 Å². The summed E-state index contributed by atoms with van der Waals surface area (Å²) in [7, 11) is 0. The number of nitrogens with one attached hydrogen (secondary N) is 1. The molecule has 18 heavy (non-hydrogen) atoms. The Balaban J connectivity index is 2.16. The second kappa shape index (κ2) is 5.87. The van der Waals surface area contributed by atoms with Gasteiger partial charge in [0.25, 0.3) is 0 Å². The predicted molar refractivity (Wildman–Crippen MR) is 77.0 cm³/mol. The third kappa shape index (κ3) is 3.23. The zero-order valence-corrected chi connectivity index (χ0v) is 11.7. The first kappa shape index (κ1) is 12.9. The minimum Gasteiger partial charge on any atom is -0.363 e. The molecule has 3 nitrogen and oxygen atoms in total. The van der Waals surface area contributed by atoms with Crippen LogP contribution in [0.15, 0.2) is 41.6 Å². The molecule has 0 spiro atoms. The van der Waals surface area contributed by atoms with E-state index in [0.717, 1.165) is 16.7 Å². The van der Waals surface area contributed by atoms with Gasteiger partial charge in [0, 0.05) is 17.8 Å². The molecule has 0 radical (unpaired) electrons. The zero-order valence-electron chi connectivity index (χ0n) is 10.8. The average molecular weight is 259 g/mol. The van der Waals surface area contributed by atoms with Crippen LogP contribution in [0.1, 0.15) is 24.2 Å². The van der Waals surface area contributed by atoms with Gasteiger partial charge in [-0.15, -0.1) is 0 Å². The molecule has 0 aliphatic heterocycles. The molecule has 2 rings (SSSR count). The van der Waals surface area contributed by atoms with Crippen molar-refractivity contribution in [3.05, 3.63) is 47.7 Å². The molecule has 1 aromatic heterocycles. The molecule has 0 amide bonds. The van der Waals surface area contributed by atoms with E-state index in [2.05, 4.69) is 34.3 Å². The lowest BCUT2D eigenvalue weighted by Gasteiger charge is -2.15. The van der Waals surface area contributed by atoms with E-state index in [4.69, 9.17) is 0 Å². The first-order valence-corrected chi connectivity index (χ1v) is 7.12. The van der Waals surface area contributed by atoms with Gasteiger partial charge in [0.05, 0.1) is 0 Å². The number of aryl methyl sites for hydroxylation is 1. The van der Waals surface area contributed by atoms with Crippen molar-refractivity contribution in [2.75, 3.05) is 11.6 Å². The maximum Gasteiger partial charge on any atom is 0.189 e. The van der Waals surface area contributed by atoms with Gasteiger partial charge in [-0.3, -0.25) is 0 Å². The number of aromatic nitrogens is 2. The van der Waals surface area contributed by atoms with Crippen LogP contribution in [0.4, 0.5) is 5.82 Å². The first-order chi connectivity index (χ1) is 8.69. The summed E-state index contributed by atoms with van der Waals surface area (Å²) in [4.78, 5) is 8.80. The van der Waals surface area contributed by atoms with Crippen LogP contribution in [0, 0.1) is 6.92 Å². The van der Waals surface area contributed by atoms with Crippen LogP contribution >= 0.6 is 11.8 Å². The molecular weight excluding hydrogens is 242 g/mol. The summed E-state index contributed by atoms with van der Waals surface area (Å²) in [5, 5.41) is 4.21. The van der Waals surface area contributed by atoms with E-state index in [1.165, 1.54) is 5.56 Å². The lowest BCUT2D eigenvalue weighted by atomic mass is 10.1. The van der Waals surface area contributed by atoms with E-state index in [-0.39, 0.29) is 6.04 Å². The van der Waals surface area contributed by atoms with Crippen LogP contribution in [0.25, 0.3) is 0 Å². The molecule has 1 heterocycles. The fraction of sp³-hybridized carbons (Fsp3) is 0.286. The number of hydrogen-bond donors (Lipinski definition) is 1. The van der Waals surface area contributed by atoms with Gasteiger partial charge in [0.15, 0.2) is 5.16 Å². The number of nitrogens with zero attached hydrogens (tertiary/aromatic N) is 2. The summed E-state index contributed by atoms with van der Waals surface area (Å²) in [5.41, 5.74) is 2.23. The predicted octanol–water partition coefficient (Wildman–Crippen LogP) is 3.68. The fourth-order valence-electron chi connectivity index (χ4n) is 1.75. The van der Waals surface area contributed by atoms with E-state index < -0.39 is 0 Å². The largest absolute Gasteiger partial charge is 0.363 e. The van der Waals surface area contributed by atoms with E-state index in [0.29, 0.717) is 0 Å². The molecule has 94 valence electrons. The van der Waals surface area contributed by atoms with Crippen molar-refractivity contribution in [2.24, 2.45) is 0 Å². The third-order valence-electron chi connectivity index (χ3n) is 2.68. The fourth-order valence-corrected chi connectivity index (χ4v) is 2.18. The maximum atomic E-state index is 4.46. The average Bonchev–Trinajstić information content (AvgIpc) is 2.39. The molecule has 0 saturated heterocycles. The Morgan fingerprint density at radius 3 is 2.56 bits per heavy atom. The van der Waals surface area contributed by atoms with Crippen LogP contribution in [-0.4, -0.2) is 16.2 Å². The number of thioether (sulfide) groups is 1. The third-order valence-corrected chi connectivity index (χ3v) is 3.23. The minimum atomic E-state index is 0.232. The highest BCUT2D eigenvalue weighted by Crippen LogP contribution is 2.19. The Bertz CT molecular complexity index is 514. The Kier molecular flexibility index (Phi) is 4.20. The smallest absolute Gasteiger partial charge is 0.189 e. The van der Waals surface area contributed by atoms with Crippen molar-refractivity contribution >= 4 is 17.6 Å². The Hall–Kier alpha value is -1.55. The number of benzene rings is 1. The van der Waals surface area contributed by atoms with Crippen LogP contribution < -0.4 is 5.32 Å². The standard InChI is InChI=1S/C14H17N3S/c1-10-9-13(17-14(15-10)18-3)16-11(2)12-7-5-4-6-8-12/h4-9,11H,1-3H3,(H,15,16,17). The molecule has 0 bridgehead atoms. The lowest BCUT2D eigenvalue weighted by molar-refractivity contribution is 0.849. The van der Waals surface area contributed by atoms with Crippen molar-refractivity contribution < 1.29 is 0 Å². The Morgan fingerprint density at radius 1 is 1.17 bits per heavy atom. The quantitative estimate of drug-likeness (QED) is 0.671. The molecule has 0 fully saturated rings. The Morgan fingerprint density at radius 2 is 1.89 bits per heavy atom. The van der Waals surface area contributed by atoms with Crippen LogP contribution in [-0.2, 0) is 0 Å². The molecule has 4 heteroatoms.